The van der Waals surface area contributed by atoms with Gasteiger partial charge >= 0.3 is 11.9 Å². The summed E-state index contributed by atoms with van der Waals surface area (Å²) in [7, 11) is 0. The summed E-state index contributed by atoms with van der Waals surface area (Å²) in [6.45, 7) is 3.28. The van der Waals surface area contributed by atoms with Crippen LogP contribution in [-0.4, -0.2) is 81.0 Å². The third-order valence-corrected chi connectivity index (χ3v) is 6.59. The molecule has 0 spiro atoms. The summed E-state index contributed by atoms with van der Waals surface area (Å²) >= 11 is 1.48. The molecule has 1 aromatic heterocycles. The van der Waals surface area contributed by atoms with Crippen LogP contribution >= 0.6 is 11.8 Å². The molecule has 4 atom stereocenters. The van der Waals surface area contributed by atoms with Crippen molar-refractivity contribution in [2.75, 3.05) is 12.0 Å². The van der Waals surface area contributed by atoms with Gasteiger partial charge in [-0.2, -0.15) is 11.8 Å². The molecule has 8 N–H and O–H groups in total. The van der Waals surface area contributed by atoms with Gasteiger partial charge in [-0.3, -0.25) is 19.2 Å². The highest BCUT2D eigenvalue weighted by Gasteiger charge is 2.33. The molecule has 0 aliphatic heterocycles. The molecule has 0 aliphatic carbocycles. The molecule has 0 aliphatic rings. The van der Waals surface area contributed by atoms with Crippen molar-refractivity contribution in [1.29, 1.82) is 0 Å². The number of hydrogen-bond acceptors (Lipinski definition) is 7. The van der Waals surface area contributed by atoms with E-state index < -0.39 is 66.2 Å². The zero-order valence-corrected chi connectivity index (χ0v) is 22.3. The van der Waals surface area contributed by atoms with E-state index in [1.807, 2.05) is 30.5 Å². The molecule has 2 aromatic rings. The standard InChI is InChI=1S/C25H35N5O7S/c1-13(2)21(30-23(34)18(11-20(31)32)28-22(33)16(26)8-9-38-3)24(35)29-19(25(36)37)10-14-12-27-17-7-5-4-6-15(14)17/h4-7,12-13,16,18-19,21,27H,8-11,26H2,1-3H3,(H,28,33)(H,29,35)(H,30,34)(H,31,32)(H,36,37). The van der Waals surface area contributed by atoms with Crippen LogP contribution in [0.15, 0.2) is 30.5 Å². The molecule has 208 valence electrons. The molecule has 3 amide bonds. The van der Waals surface area contributed by atoms with Gasteiger partial charge in [0.05, 0.1) is 12.5 Å². The van der Waals surface area contributed by atoms with E-state index in [2.05, 4.69) is 20.9 Å². The fraction of sp³-hybridized carbons (Fsp3) is 0.480. The van der Waals surface area contributed by atoms with Crippen molar-refractivity contribution in [3.8, 4) is 0 Å². The van der Waals surface area contributed by atoms with Gasteiger partial charge in [0.15, 0.2) is 0 Å². The van der Waals surface area contributed by atoms with Crippen molar-refractivity contribution in [3.63, 3.8) is 0 Å². The Hall–Kier alpha value is -3.58. The van der Waals surface area contributed by atoms with Crippen molar-refractivity contribution in [2.45, 2.75) is 57.3 Å². The van der Waals surface area contributed by atoms with Crippen LogP contribution in [0.1, 0.15) is 32.3 Å². The second kappa shape index (κ2) is 14.4. The molecule has 4 unspecified atom stereocenters. The van der Waals surface area contributed by atoms with Crippen LogP contribution in [0.2, 0.25) is 0 Å². The quantitative estimate of drug-likeness (QED) is 0.165. The highest BCUT2D eigenvalue weighted by atomic mass is 32.2. The molecular weight excluding hydrogens is 514 g/mol. The number of amides is 3. The number of carbonyl (C=O) groups is 5. The minimum atomic E-state index is -1.48. The second-order valence-electron chi connectivity index (χ2n) is 9.24. The molecule has 0 bridgehead atoms. The Kier molecular flexibility index (Phi) is 11.6. The minimum Gasteiger partial charge on any atom is -0.481 e. The van der Waals surface area contributed by atoms with Gasteiger partial charge in [-0.15, -0.1) is 0 Å². The van der Waals surface area contributed by atoms with Crippen LogP contribution < -0.4 is 21.7 Å². The predicted octanol–water partition coefficient (Wildman–Crippen LogP) is 0.461. The van der Waals surface area contributed by atoms with Gasteiger partial charge in [0.2, 0.25) is 17.7 Å². The summed E-state index contributed by atoms with van der Waals surface area (Å²) in [4.78, 5) is 64.8. The number of hydrogen-bond donors (Lipinski definition) is 7. The maximum atomic E-state index is 13.1. The van der Waals surface area contributed by atoms with Crippen LogP contribution in [0.4, 0.5) is 0 Å². The molecule has 2 rings (SSSR count). The number of aliphatic carboxylic acids is 2. The maximum Gasteiger partial charge on any atom is 0.326 e. The molecule has 0 saturated carbocycles. The Labute approximate surface area is 224 Å². The topological polar surface area (TPSA) is 204 Å². The molecular formula is C25H35N5O7S. The predicted molar refractivity (Wildman–Crippen MR) is 143 cm³/mol. The van der Waals surface area contributed by atoms with Gasteiger partial charge in [-0.25, -0.2) is 4.79 Å². The molecule has 0 saturated heterocycles. The lowest BCUT2D eigenvalue weighted by Gasteiger charge is -2.26. The third-order valence-electron chi connectivity index (χ3n) is 5.94. The van der Waals surface area contributed by atoms with E-state index in [0.29, 0.717) is 17.7 Å². The first-order valence-corrected chi connectivity index (χ1v) is 13.5. The lowest BCUT2D eigenvalue weighted by Crippen LogP contribution is -2.59. The van der Waals surface area contributed by atoms with Crippen molar-refractivity contribution in [2.24, 2.45) is 11.7 Å². The summed E-state index contributed by atoms with van der Waals surface area (Å²) in [6.07, 6.45) is 3.13. The van der Waals surface area contributed by atoms with Crippen molar-refractivity contribution >= 4 is 52.3 Å². The van der Waals surface area contributed by atoms with Gasteiger partial charge in [-0.1, -0.05) is 32.0 Å². The number of carbonyl (C=O) groups excluding carboxylic acids is 3. The summed E-state index contributed by atoms with van der Waals surface area (Å²) in [6, 6.07) is 2.46. The number of aromatic nitrogens is 1. The van der Waals surface area contributed by atoms with Crippen molar-refractivity contribution in [3.05, 3.63) is 36.0 Å². The number of rotatable bonds is 15. The summed E-state index contributed by atoms with van der Waals surface area (Å²) < 4.78 is 0. The number of fused-ring (bicyclic) bond motifs is 1. The number of nitrogens with one attached hydrogen (secondary N) is 4. The fourth-order valence-corrected chi connectivity index (χ4v) is 4.30. The SMILES string of the molecule is CSCCC(N)C(=O)NC(CC(=O)O)C(=O)NC(C(=O)NC(Cc1c[nH]c2ccccc12)C(=O)O)C(C)C. The van der Waals surface area contributed by atoms with E-state index in [1.165, 1.54) is 11.8 Å². The lowest BCUT2D eigenvalue weighted by molar-refractivity contribution is -0.143. The summed E-state index contributed by atoms with van der Waals surface area (Å²) in [5.74, 6) is -4.80. The maximum absolute atomic E-state index is 13.1. The number of nitrogens with two attached hydrogens (primary N) is 1. The lowest BCUT2D eigenvalue weighted by atomic mass is 10.0. The summed E-state index contributed by atoms with van der Waals surface area (Å²) in [5.41, 5.74) is 7.35. The minimum absolute atomic E-state index is 0.00449. The molecule has 12 nitrogen and oxygen atoms in total. The average molecular weight is 550 g/mol. The van der Waals surface area contributed by atoms with E-state index in [4.69, 9.17) is 5.73 Å². The zero-order chi connectivity index (χ0) is 28.4. The molecule has 38 heavy (non-hydrogen) atoms. The number of para-hydroxylation sites is 1. The van der Waals surface area contributed by atoms with Crippen LogP contribution in [0.3, 0.4) is 0 Å². The largest absolute Gasteiger partial charge is 0.481 e. The van der Waals surface area contributed by atoms with E-state index in [1.54, 1.807) is 20.0 Å². The van der Waals surface area contributed by atoms with Gasteiger partial charge < -0.3 is 36.9 Å². The van der Waals surface area contributed by atoms with Crippen molar-refractivity contribution in [1.82, 2.24) is 20.9 Å². The van der Waals surface area contributed by atoms with Crippen LogP contribution in [0.5, 0.6) is 0 Å². The van der Waals surface area contributed by atoms with E-state index in [-0.39, 0.29) is 6.42 Å². The Morgan fingerprint density at radius 2 is 1.63 bits per heavy atom. The molecule has 0 radical (unpaired) electrons. The fourth-order valence-electron chi connectivity index (χ4n) is 3.81. The number of aromatic amines is 1. The van der Waals surface area contributed by atoms with Crippen LogP contribution in [0, 0.1) is 5.92 Å². The van der Waals surface area contributed by atoms with Gasteiger partial charge in [0, 0.05) is 23.5 Å². The Morgan fingerprint density at radius 3 is 2.24 bits per heavy atom. The molecule has 1 heterocycles. The van der Waals surface area contributed by atoms with E-state index in [9.17, 15) is 34.2 Å². The Balaban J connectivity index is 2.14. The van der Waals surface area contributed by atoms with Gasteiger partial charge in [0.25, 0.3) is 0 Å². The van der Waals surface area contributed by atoms with Crippen LogP contribution in [0.25, 0.3) is 10.9 Å². The van der Waals surface area contributed by atoms with E-state index in [0.717, 1.165) is 10.9 Å². The smallest absolute Gasteiger partial charge is 0.326 e. The first-order valence-electron chi connectivity index (χ1n) is 12.1. The number of H-pyrrole nitrogens is 1. The average Bonchev–Trinajstić information content (AvgIpc) is 3.26. The molecule has 13 heteroatoms. The molecule has 0 fully saturated rings. The first kappa shape index (κ1) is 30.6. The summed E-state index contributed by atoms with van der Waals surface area (Å²) in [5, 5.41) is 27.1. The van der Waals surface area contributed by atoms with Gasteiger partial charge in [-0.05, 0) is 36.0 Å². The molecule has 1 aromatic carbocycles. The highest BCUT2D eigenvalue weighted by molar-refractivity contribution is 7.98. The van der Waals surface area contributed by atoms with Gasteiger partial charge in [0.1, 0.15) is 18.1 Å². The Morgan fingerprint density at radius 1 is 0.974 bits per heavy atom. The highest BCUT2D eigenvalue weighted by Crippen LogP contribution is 2.19. The van der Waals surface area contributed by atoms with Crippen LogP contribution in [-0.2, 0) is 30.4 Å². The normalized spacial score (nSPS) is 14.3. The number of carboxylic acids is 2. The number of benzene rings is 1. The zero-order valence-electron chi connectivity index (χ0n) is 21.5. The number of thioether (sulfide) groups is 1. The van der Waals surface area contributed by atoms with Crippen molar-refractivity contribution < 1.29 is 34.2 Å². The second-order valence-corrected chi connectivity index (χ2v) is 10.2. The third kappa shape index (κ3) is 8.77. The van der Waals surface area contributed by atoms with E-state index >= 15 is 0 Å². The monoisotopic (exact) mass is 549 g/mol. The Bertz CT molecular complexity index is 1150. The number of carboxylic acid groups (broad SMARTS) is 2. The first-order chi connectivity index (χ1) is 17.9.